The van der Waals surface area contributed by atoms with E-state index in [0.29, 0.717) is 32.0 Å². The molecule has 0 aliphatic carbocycles. The number of halogens is 1. The third-order valence-electron chi connectivity index (χ3n) is 5.49. The largest absolute Gasteiger partial charge is 0.378 e. The summed E-state index contributed by atoms with van der Waals surface area (Å²) < 4.78 is 19.5. The zero-order valence-corrected chi connectivity index (χ0v) is 18.6. The topological polar surface area (TPSA) is 103 Å². The number of pyridine rings is 1. The number of nitrogens with one attached hydrogen (secondary N) is 3. The van der Waals surface area contributed by atoms with Gasteiger partial charge in [0.15, 0.2) is 11.6 Å². The smallest absolute Gasteiger partial charge is 0.245 e. The lowest BCUT2D eigenvalue weighted by atomic mass is 10.2. The molecule has 176 valence electrons. The van der Waals surface area contributed by atoms with Gasteiger partial charge in [-0.3, -0.25) is 4.98 Å². The highest BCUT2D eigenvalue weighted by Gasteiger charge is 2.17. The Balaban J connectivity index is 1.19. The molecule has 34 heavy (non-hydrogen) atoms. The molecule has 0 atom stereocenters. The zero-order chi connectivity index (χ0) is 23.2. The van der Waals surface area contributed by atoms with Gasteiger partial charge >= 0.3 is 0 Å². The molecule has 10 nitrogen and oxygen atoms in total. The Kier molecular flexibility index (Phi) is 6.73. The summed E-state index contributed by atoms with van der Waals surface area (Å²) >= 11 is 0. The first-order valence-electron chi connectivity index (χ1n) is 11.2. The van der Waals surface area contributed by atoms with E-state index in [2.05, 4.69) is 53.4 Å². The molecule has 2 aliphatic rings. The lowest BCUT2D eigenvalue weighted by molar-refractivity contribution is 0.122. The van der Waals surface area contributed by atoms with Gasteiger partial charge < -0.3 is 20.0 Å². The van der Waals surface area contributed by atoms with Crippen molar-refractivity contribution in [2.75, 3.05) is 60.0 Å². The van der Waals surface area contributed by atoms with Crippen molar-refractivity contribution in [1.29, 1.82) is 0 Å². The lowest BCUT2D eigenvalue weighted by Gasteiger charge is -2.27. The van der Waals surface area contributed by atoms with Gasteiger partial charge in [-0.1, -0.05) is 6.07 Å². The van der Waals surface area contributed by atoms with Crippen LogP contribution in [0.3, 0.4) is 0 Å². The van der Waals surface area contributed by atoms with E-state index in [-0.39, 0.29) is 11.8 Å². The van der Waals surface area contributed by atoms with E-state index in [1.54, 1.807) is 12.4 Å². The maximum atomic E-state index is 14.1. The molecule has 0 bridgehead atoms. The fraction of sp³-hybridized carbons (Fsp3) is 0.304. The van der Waals surface area contributed by atoms with Gasteiger partial charge in [-0.25, -0.2) is 20.2 Å². The highest BCUT2D eigenvalue weighted by Crippen LogP contribution is 2.23. The summed E-state index contributed by atoms with van der Waals surface area (Å²) in [6.07, 6.45) is 5.59. The van der Waals surface area contributed by atoms with Gasteiger partial charge in [-0.05, 0) is 36.8 Å². The summed E-state index contributed by atoms with van der Waals surface area (Å²) in [7, 11) is 0. The van der Waals surface area contributed by atoms with Crippen LogP contribution in [-0.4, -0.2) is 60.6 Å². The summed E-state index contributed by atoms with van der Waals surface area (Å²) in [4.78, 5) is 14.4. The highest BCUT2D eigenvalue weighted by molar-refractivity contribution is 5.78. The predicted molar refractivity (Wildman–Crippen MR) is 130 cm³/mol. The number of hydrazine groups is 1. The van der Waals surface area contributed by atoms with E-state index >= 15 is 0 Å². The van der Waals surface area contributed by atoms with Crippen LogP contribution in [0.15, 0.2) is 53.9 Å². The van der Waals surface area contributed by atoms with Crippen LogP contribution in [0.4, 0.5) is 33.2 Å². The standard InChI is InChI=1S/C23H26FN9O/c24-21-16-26-23(30-22(21)32-9-11-34-12-10-32)31-27-15-18-5-6-19(14-25-18)29-17-3-1-4-20(13-17)33-8-2-7-28-33/h1,3-6,13-16,28-29H,2,7-12H2,(H,26,30,31)/b27-15+. The summed E-state index contributed by atoms with van der Waals surface area (Å²) in [5.41, 5.74) is 9.75. The molecule has 11 heteroatoms. The quantitative estimate of drug-likeness (QED) is 0.360. The van der Waals surface area contributed by atoms with Crippen molar-refractivity contribution in [3.05, 3.63) is 60.3 Å². The predicted octanol–water partition coefficient (Wildman–Crippen LogP) is 2.75. The van der Waals surface area contributed by atoms with Gasteiger partial charge in [-0.2, -0.15) is 10.1 Å². The van der Waals surface area contributed by atoms with Crippen molar-refractivity contribution < 1.29 is 9.13 Å². The monoisotopic (exact) mass is 463 g/mol. The zero-order valence-electron chi connectivity index (χ0n) is 18.6. The van der Waals surface area contributed by atoms with E-state index in [9.17, 15) is 4.39 Å². The second-order valence-electron chi connectivity index (χ2n) is 7.89. The molecule has 5 rings (SSSR count). The maximum absolute atomic E-state index is 14.1. The molecule has 0 amide bonds. The molecule has 3 N–H and O–H groups in total. The number of ether oxygens (including phenoxy) is 1. The van der Waals surface area contributed by atoms with Crippen molar-refractivity contribution in [3.8, 4) is 0 Å². The Labute approximate surface area is 196 Å². The van der Waals surface area contributed by atoms with Gasteiger partial charge in [0.2, 0.25) is 5.95 Å². The van der Waals surface area contributed by atoms with Crippen LogP contribution in [-0.2, 0) is 4.74 Å². The first-order chi connectivity index (χ1) is 16.7. The summed E-state index contributed by atoms with van der Waals surface area (Å²) in [6, 6.07) is 12.0. The number of aromatic nitrogens is 3. The number of hydrogen-bond acceptors (Lipinski definition) is 10. The number of anilines is 5. The molecule has 3 aromatic rings. The molecular weight excluding hydrogens is 437 g/mol. The second-order valence-corrected chi connectivity index (χ2v) is 7.89. The molecule has 4 heterocycles. The fourth-order valence-corrected chi connectivity index (χ4v) is 3.79. The first kappa shape index (κ1) is 22.0. The third-order valence-corrected chi connectivity index (χ3v) is 5.49. The fourth-order valence-electron chi connectivity index (χ4n) is 3.79. The Hall–Kier alpha value is -3.83. The maximum Gasteiger partial charge on any atom is 0.245 e. The minimum absolute atomic E-state index is 0.213. The molecule has 2 aromatic heterocycles. The van der Waals surface area contributed by atoms with Crippen LogP contribution >= 0.6 is 0 Å². The average molecular weight is 464 g/mol. The SMILES string of the molecule is Fc1cnc(N/N=C/c2ccc(Nc3cccc(N4CCCN4)c3)cn2)nc1N1CCOCC1. The van der Waals surface area contributed by atoms with Crippen LogP contribution < -0.4 is 26.1 Å². The second kappa shape index (κ2) is 10.4. The Bertz CT molecular complexity index is 1130. The van der Waals surface area contributed by atoms with E-state index < -0.39 is 5.82 Å². The van der Waals surface area contributed by atoms with E-state index in [0.717, 1.165) is 42.8 Å². The Morgan fingerprint density at radius 3 is 2.76 bits per heavy atom. The number of rotatable bonds is 7. The first-order valence-corrected chi connectivity index (χ1v) is 11.2. The van der Waals surface area contributed by atoms with Crippen molar-refractivity contribution in [2.24, 2.45) is 5.10 Å². The van der Waals surface area contributed by atoms with Gasteiger partial charge in [0.1, 0.15) is 0 Å². The van der Waals surface area contributed by atoms with Crippen LogP contribution in [0.5, 0.6) is 0 Å². The van der Waals surface area contributed by atoms with Crippen molar-refractivity contribution >= 4 is 35.0 Å². The third kappa shape index (κ3) is 5.38. The summed E-state index contributed by atoms with van der Waals surface area (Å²) in [6.45, 7) is 4.26. The van der Waals surface area contributed by atoms with Crippen molar-refractivity contribution in [1.82, 2.24) is 20.4 Å². The Morgan fingerprint density at radius 2 is 1.97 bits per heavy atom. The lowest BCUT2D eigenvalue weighted by Crippen LogP contribution is -2.37. The van der Waals surface area contributed by atoms with E-state index in [1.807, 2.05) is 29.2 Å². The molecule has 0 spiro atoms. The van der Waals surface area contributed by atoms with Gasteiger partial charge in [0.25, 0.3) is 0 Å². The molecule has 0 unspecified atom stereocenters. The molecule has 2 saturated heterocycles. The summed E-state index contributed by atoms with van der Waals surface area (Å²) in [5, 5.41) is 9.67. The number of hydrogen-bond donors (Lipinski definition) is 3. The molecule has 2 fully saturated rings. The number of morpholine rings is 1. The van der Waals surface area contributed by atoms with Crippen molar-refractivity contribution in [3.63, 3.8) is 0 Å². The van der Waals surface area contributed by atoms with Crippen LogP contribution in [0, 0.1) is 5.82 Å². The van der Waals surface area contributed by atoms with E-state index in [4.69, 9.17) is 4.74 Å². The minimum Gasteiger partial charge on any atom is -0.378 e. The van der Waals surface area contributed by atoms with Crippen LogP contribution in [0.25, 0.3) is 0 Å². The molecule has 1 aromatic carbocycles. The number of nitrogens with zero attached hydrogens (tertiary/aromatic N) is 6. The van der Waals surface area contributed by atoms with Crippen LogP contribution in [0.2, 0.25) is 0 Å². The van der Waals surface area contributed by atoms with Gasteiger partial charge in [0.05, 0.1) is 48.9 Å². The molecule has 0 saturated carbocycles. The molecule has 0 radical (unpaired) electrons. The van der Waals surface area contributed by atoms with Gasteiger partial charge in [0, 0.05) is 31.9 Å². The molecular formula is C23H26FN9O. The normalized spacial score (nSPS) is 16.3. The highest BCUT2D eigenvalue weighted by atomic mass is 19.1. The van der Waals surface area contributed by atoms with E-state index in [1.165, 1.54) is 0 Å². The minimum atomic E-state index is -0.469. The van der Waals surface area contributed by atoms with Crippen LogP contribution in [0.1, 0.15) is 12.1 Å². The Morgan fingerprint density at radius 1 is 1.06 bits per heavy atom. The van der Waals surface area contributed by atoms with Gasteiger partial charge in [-0.15, -0.1) is 0 Å². The number of benzene rings is 1. The average Bonchev–Trinajstić information content (AvgIpc) is 3.42. The molecule has 2 aliphatic heterocycles. The summed E-state index contributed by atoms with van der Waals surface area (Å²) in [5.74, 6) is -0.0117. The number of hydrazone groups is 1. The van der Waals surface area contributed by atoms with Crippen molar-refractivity contribution in [2.45, 2.75) is 6.42 Å².